The zero-order valence-electron chi connectivity index (χ0n) is 7.30. The molecule has 0 spiro atoms. The first kappa shape index (κ1) is 13.8. The first-order valence-corrected chi connectivity index (χ1v) is 5.57. The van der Waals surface area contributed by atoms with Gasteiger partial charge in [0.2, 0.25) is 0 Å². The van der Waals surface area contributed by atoms with E-state index in [0.29, 0.717) is 4.90 Å². The molecular formula is C9H12NNaO2S. The zero-order chi connectivity index (χ0) is 9.73. The van der Waals surface area contributed by atoms with E-state index in [-0.39, 0.29) is 36.2 Å². The molecule has 5 heteroatoms. The number of hydrogen-bond donors (Lipinski definition) is 1. The molecule has 0 atom stereocenters. The first-order valence-electron chi connectivity index (χ1n) is 3.94. The SMILES string of the molecule is CCO[SH](=O)(C#N)c1ccccc1.[NaH]. The minimum absolute atomic E-state index is 0. The van der Waals surface area contributed by atoms with Crippen molar-refractivity contribution in [2.75, 3.05) is 6.61 Å². The van der Waals surface area contributed by atoms with Gasteiger partial charge >= 0.3 is 29.6 Å². The number of thiol groups is 1. The van der Waals surface area contributed by atoms with Crippen molar-refractivity contribution in [3.63, 3.8) is 0 Å². The molecule has 0 unspecified atom stereocenters. The van der Waals surface area contributed by atoms with Crippen molar-refractivity contribution in [1.29, 1.82) is 5.26 Å². The van der Waals surface area contributed by atoms with Gasteiger partial charge in [-0.3, -0.25) is 4.18 Å². The Morgan fingerprint density at radius 1 is 1.43 bits per heavy atom. The van der Waals surface area contributed by atoms with Crippen LogP contribution in [0.4, 0.5) is 0 Å². The molecule has 0 radical (unpaired) electrons. The Hall–Kier alpha value is -0.180. The third-order valence-corrected chi connectivity index (χ3v) is 3.40. The number of rotatable bonds is 3. The summed E-state index contributed by atoms with van der Waals surface area (Å²) in [6.07, 6.45) is 0. The van der Waals surface area contributed by atoms with Crippen LogP contribution in [0.1, 0.15) is 6.92 Å². The zero-order valence-corrected chi connectivity index (χ0v) is 8.20. The van der Waals surface area contributed by atoms with Gasteiger partial charge in [-0.2, -0.15) is 9.47 Å². The molecule has 0 aliphatic heterocycles. The quantitative estimate of drug-likeness (QED) is 0.467. The molecule has 0 fully saturated rings. The molecule has 72 valence electrons. The van der Waals surface area contributed by atoms with Gasteiger partial charge in [-0.15, -0.1) is 0 Å². The van der Waals surface area contributed by atoms with Gasteiger partial charge in [0, 0.05) is 0 Å². The normalized spacial score (nSPS) is 11.1. The average Bonchev–Trinajstić information content (AvgIpc) is 2.19. The molecule has 0 N–H and O–H groups in total. The third-order valence-electron chi connectivity index (χ3n) is 1.54. The predicted molar refractivity (Wildman–Crippen MR) is 58.6 cm³/mol. The molecule has 0 saturated heterocycles. The Kier molecular flexibility index (Phi) is 6.25. The van der Waals surface area contributed by atoms with Crippen LogP contribution < -0.4 is 0 Å². The van der Waals surface area contributed by atoms with Crippen molar-refractivity contribution in [3.05, 3.63) is 30.3 Å². The summed E-state index contributed by atoms with van der Waals surface area (Å²) >= 11 is 0. The molecule has 0 aliphatic rings. The van der Waals surface area contributed by atoms with Gasteiger partial charge in [0.1, 0.15) is 0 Å². The monoisotopic (exact) mass is 221 g/mol. The van der Waals surface area contributed by atoms with Gasteiger partial charge < -0.3 is 0 Å². The standard InChI is InChI=1S/C9H11NO2S.Na.H/c1-2-12-13(11,8-10)9-6-4-3-5-7-9;;/h3-7,13H,2H2,1H3;;. The van der Waals surface area contributed by atoms with E-state index >= 15 is 0 Å². The van der Waals surface area contributed by atoms with E-state index in [9.17, 15) is 4.21 Å². The Bertz CT molecular complexity index is 361. The summed E-state index contributed by atoms with van der Waals surface area (Å²) in [4.78, 5) is 0.458. The van der Waals surface area contributed by atoms with Crippen LogP contribution in [0.5, 0.6) is 0 Å². The van der Waals surface area contributed by atoms with E-state index in [2.05, 4.69) is 0 Å². The van der Waals surface area contributed by atoms with Crippen LogP contribution in [0.3, 0.4) is 0 Å². The van der Waals surface area contributed by atoms with E-state index < -0.39 is 10.2 Å². The van der Waals surface area contributed by atoms with Gasteiger partial charge in [0.05, 0.1) is 11.5 Å². The first-order chi connectivity index (χ1) is 6.23. The average molecular weight is 221 g/mol. The molecule has 0 aliphatic carbocycles. The summed E-state index contributed by atoms with van der Waals surface area (Å²) in [5.41, 5.74) is 0. The molecule has 0 amide bonds. The topological polar surface area (TPSA) is 50.1 Å². The molecule has 0 saturated carbocycles. The van der Waals surface area contributed by atoms with Crippen LogP contribution in [0.2, 0.25) is 0 Å². The Balaban J connectivity index is 0.00000169. The van der Waals surface area contributed by atoms with Gasteiger partial charge in [-0.25, -0.2) is 0 Å². The van der Waals surface area contributed by atoms with Gasteiger partial charge in [0.15, 0.2) is 5.40 Å². The number of nitriles is 1. The summed E-state index contributed by atoms with van der Waals surface area (Å²) < 4.78 is 16.8. The van der Waals surface area contributed by atoms with Crippen molar-refractivity contribution in [2.45, 2.75) is 11.8 Å². The fourth-order valence-corrected chi connectivity index (χ4v) is 2.22. The van der Waals surface area contributed by atoms with Crippen molar-refractivity contribution < 1.29 is 8.39 Å². The van der Waals surface area contributed by atoms with E-state index in [0.717, 1.165) is 0 Å². The van der Waals surface area contributed by atoms with E-state index in [1.54, 1.807) is 42.7 Å². The van der Waals surface area contributed by atoms with E-state index in [1.807, 2.05) is 0 Å². The van der Waals surface area contributed by atoms with Crippen LogP contribution in [0.25, 0.3) is 0 Å². The van der Waals surface area contributed by atoms with Crippen molar-refractivity contribution in [2.24, 2.45) is 0 Å². The summed E-state index contributed by atoms with van der Waals surface area (Å²) in [6, 6.07) is 8.55. The minimum atomic E-state index is -3.25. The van der Waals surface area contributed by atoms with Crippen LogP contribution in [0.15, 0.2) is 35.2 Å². The molecular weight excluding hydrogens is 209 g/mol. The molecule has 1 rings (SSSR count). The summed E-state index contributed by atoms with van der Waals surface area (Å²) in [5, 5.41) is 10.5. The number of benzene rings is 1. The second kappa shape index (κ2) is 6.33. The summed E-state index contributed by atoms with van der Waals surface area (Å²) in [5.74, 6) is 0. The van der Waals surface area contributed by atoms with Gasteiger partial charge in [0.25, 0.3) is 0 Å². The van der Waals surface area contributed by atoms with E-state index in [1.165, 1.54) is 0 Å². The van der Waals surface area contributed by atoms with Crippen molar-refractivity contribution in [1.82, 2.24) is 0 Å². The van der Waals surface area contributed by atoms with Crippen LogP contribution in [-0.4, -0.2) is 40.4 Å². The van der Waals surface area contributed by atoms with Gasteiger partial charge in [-0.1, -0.05) is 28.4 Å². The Morgan fingerprint density at radius 2 is 2.00 bits per heavy atom. The maximum absolute atomic E-state index is 11.8. The number of hydrogen-bond acceptors (Lipinski definition) is 3. The molecule has 3 nitrogen and oxygen atoms in total. The van der Waals surface area contributed by atoms with Crippen molar-refractivity contribution >= 4 is 39.8 Å². The molecule has 1 aromatic rings. The Morgan fingerprint density at radius 3 is 2.43 bits per heavy atom. The maximum atomic E-state index is 11.8. The van der Waals surface area contributed by atoms with Crippen LogP contribution in [-0.2, 0) is 14.4 Å². The third kappa shape index (κ3) is 3.19. The molecule has 0 aromatic heterocycles. The molecule has 0 bridgehead atoms. The van der Waals surface area contributed by atoms with Crippen LogP contribution >= 0.6 is 0 Å². The van der Waals surface area contributed by atoms with Gasteiger partial charge in [-0.05, 0) is 19.1 Å². The summed E-state index contributed by atoms with van der Waals surface area (Å²) in [7, 11) is -3.25. The fourth-order valence-electron chi connectivity index (χ4n) is 0.967. The second-order valence-corrected chi connectivity index (χ2v) is 4.48. The second-order valence-electron chi connectivity index (χ2n) is 2.40. The Labute approximate surface area is 107 Å². The van der Waals surface area contributed by atoms with Crippen molar-refractivity contribution in [3.8, 4) is 5.40 Å². The molecule has 14 heavy (non-hydrogen) atoms. The number of nitrogens with zero attached hydrogens (tertiary/aromatic N) is 1. The van der Waals surface area contributed by atoms with E-state index in [4.69, 9.17) is 9.44 Å². The molecule has 1 aromatic carbocycles. The van der Waals surface area contributed by atoms with Crippen LogP contribution in [0, 0.1) is 10.7 Å². The number of thiocyanates is 1. The molecule has 0 heterocycles. The summed E-state index contributed by atoms with van der Waals surface area (Å²) in [6.45, 7) is 1.99. The predicted octanol–water partition coefficient (Wildman–Crippen LogP) is 0.846. The fraction of sp³-hybridized carbons (Fsp3) is 0.222.